The number of hydrogen-bond acceptors (Lipinski definition) is 1. The van der Waals surface area contributed by atoms with Gasteiger partial charge in [-0.2, -0.15) is 8.78 Å². The Morgan fingerprint density at radius 2 is 1.71 bits per heavy atom. The fourth-order valence-electron chi connectivity index (χ4n) is 4.85. The average Bonchev–Trinajstić information content (AvgIpc) is 2.69. The Bertz CT molecular complexity index is 866. The van der Waals surface area contributed by atoms with Gasteiger partial charge >= 0.3 is 6.11 Å². The third-order valence-electron chi connectivity index (χ3n) is 6.45. The van der Waals surface area contributed by atoms with Crippen LogP contribution in [0.3, 0.4) is 0 Å². The number of hydrogen-bond donors (Lipinski definition) is 0. The number of rotatable bonds is 4. The van der Waals surface area contributed by atoms with Gasteiger partial charge in [-0.05, 0) is 66.7 Å². The standard InChI is InChI=1S/C24H27F3O/c1-3-5-15-6-8-17(9-7-15)18-11-12-19-20-13-10-16(4-2)22(25)23(20)28-24(26,27)21(19)14-18/h10-15,17H,3-9H2,1-2H3. The predicted molar refractivity (Wildman–Crippen MR) is 105 cm³/mol. The molecule has 1 aliphatic heterocycles. The summed E-state index contributed by atoms with van der Waals surface area (Å²) in [6, 6.07) is 8.62. The fraction of sp³-hybridized carbons (Fsp3) is 0.500. The maximum Gasteiger partial charge on any atom is 0.427 e. The van der Waals surface area contributed by atoms with Crippen molar-refractivity contribution in [3.05, 3.63) is 52.8 Å². The van der Waals surface area contributed by atoms with Crippen LogP contribution in [0.25, 0.3) is 11.1 Å². The molecule has 2 aromatic rings. The van der Waals surface area contributed by atoms with E-state index in [1.54, 1.807) is 31.2 Å². The zero-order valence-electron chi connectivity index (χ0n) is 16.5. The van der Waals surface area contributed by atoms with Crippen LogP contribution in [0.15, 0.2) is 30.3 Å². The zero-order valence-corrected chi connectivity index (χ0v) is 16.5. The van der Waals surface area contributed by atoms with Gasteiger partial charge < -0.3 is 4.74 Å². The summed E-state index contributed by atoms with van der Waals surface area (Å²) >= 11 is 0. The maximum absolute atomic E-state index is 14.8. The highest BCUT2D eigenvalue weighted by atomic mass is 19.3. The summed E-state index contributed by atoms with van der Waals surface area (Å²) in [6.07, 6.45) is 3.78. The Labute approximate surface area is 164 Å². The van der Waals surface area contributed by atoms with E-state index in [4.69, 9.17) is 4.74 Å². The summed E-state index contributed by atoms with van der Waals surface area (Å²) in [6.45, 7) is 4.00. The summed E-state index contributed by atoms with van der Waals surface area (Å²) in [7, 11) is 0. The van der Waals surface area contributed by atoms with E-state index in [9.17, 15) is 13.2 Å². The molecule has 4 rings (SSSR count). The number of fused-ring (bicyclic) bond motifs is 3. The largest absolute Gasteiger partial charge is 0.427 e. The molecule has 28 heavy (non-hydrogen) atoms. The van der Waals surface area contributed by atoms with E-state index in [0.717, 1.165) is 37.2 Å². The third-order valence-corrected chi connectivity index (χ3v) is 6.45. The highest BCUT2D eigenvalue weighted by Gasteiger charge is 2.43. The number of aryl methyl sites for hydroxylation is 1. The number of halogens is 3. The SMILES string of the molecule is CCCC1CCC(c2ccc3c(c2)C(F)(F)Oc2c-3ccc(CC)c2F)CC1. The summed E-state index contributed by atoms with van der Waals surface area (Å²) in [4.78, 5) is 0. The summed E-state index contributed by atoms with van der Waals surface area (Å²) < 4.78 is 49.1. The molecule has 0 aromatic heterocycles. The molecule has 0 spiro atoms. The van der Waals surface area contributed by atoms with Gasteiger partial charge in [-0.25, -0.2) is 4.39 Å². The first-order valence-corrected chi connectivity index (χ1v) is 10.5. The first kappa shape index (κ1) is 19.4. The minimum atomic E-state index is -3.52. The van der Waals surface area contributed by atoms with Crippen LogP contribution in [-0.4, -0.2) is 0 Å². The van der Waals surface area contributed by atoms with Crippen LogP contribution in [0.1, 0.15) is 75.0 Å². The molecular formula is C24H27F3O. The van der Waals surface area contributed by atoms with Crippen molar-refractivity contribution in [1.29, 1.82) is 0 Å². The molecule has 0 atom stereocenters. The van der Waals surface area contributed by atoms with Gasteiger partial charge in [0.2, 0.25) is 0 Å². The van der Waals surface area contributed by atoms with Crippen molar-refractivity contribution in [2.24, 2.45) is 5.92 Å². The summed E-state index contributed by atoms with van der Waals surface area (Å²) in [5.41, 5.74) is 1.98. The van der Waals surface area contributed by atoms with Gasteiger partial charge in [0, 0.05) is 5.56 Å². The van der Waals surface area contributed by atoms with E-state index in [-0.39, 0.29) is 11.3 Å². The minimum absolute atomic E-state index is 0.142. The number of alkyl halides is 2. The number of ether oxygens (including phenoxy) is 1. The van der Waals surface area contributed by atoms with Crippen LogP contribution in [0.5, 0.6) is 5.75 Å². The molecule has 1 aliphatic carbocycles. The second kappa shape index (κ2) is 7.46. The van der Waals surface area contributed by atoms with E-state index in [1.165, 1.54) is 12.8 Å². The van der Waals surface area contributed by atoms with Gasteiger partial charge in [-0.3, -0.25) is 0 Å². The molecular weight excluding hydrogens is 361 g/mol. The highest BCUT2D eigenvalue weighted by Crippen LogP contribution is 2.50. The molecule has 0 bridgehead atoms. The Morgan fingerprint density at radius 1 is 1.00 bits per heavy atom. The quantitative estimate of drug-likeness (QED) is 0.525. The van der Waals surface area contributed by atoms with Crippen LogP contribution in [0.2, 0.25) is 0 Å². The van der Waals surface area contributed by atoms with E-state index in [2.05, 4.69) is 6.92 Å². The Kier molecular flexibility index (Phi) is 5.15. The lowest BCUT2D eigenvalue weighted by molar-refractivity contribution is -0.188. The molecule has 1 nitrogen and oxygen atoms in total. The minimum Gasteiger partial charge on any atom is -0.425 e. The average molecular weight is 388 g/mol. The van der Waals surface area contributed by atoms with Crippen LogP contribution >= 0.6 is 0 Å². The predicted octanol–water partition coefficient (Wildman–Crippen LogP) is 7.57. The van der Waals surface area contributed by atoms with Crippen LogP contribution < -0.4 is 4.74 Å². The molecule has 0 radical (unpaired) electrons. The van der Waals surface area contributed by atoms with Crippen LogP contribution in [0.4, 0.5) is 13.2 Å². The molecule has 1 fully saturated rings. The Morgan fingerprint density at radius 3 is 2.39 bits per heavy atom. The fourth-order valence-corrected chi connectivity index (χ4v) is 4.85. The zero-order chi connectivity index (χ0) is 19.9. The molecule has 1 saturated carbocycles. The van der Waals surface area contributed by atoms with Gasteiger partial charge in [0.15, 0.2) is 11.6 Å². The molecule has 0 unspecified atom stereocenters. The van der Waals surface area contributed by atoms with Gasteiger partial charge in [0.05, 0.1) is 5.56 Å². The van der Waals surface area contributed by atoms with Crippen molar-refractivity contribution in [3.8, 4) is 16.9 Å². The Balaban J connectivity index is 1.68. The van der Waals surface area contributed by atoms with Crippen LogP contribution in [-0.2, 0) is 12.5 Å². The lowest BCUT2D eigenvalue weighted by atomic mass is 9.76. The molecule has 1 heterocycles. The second-order valence-electron chi connectivity index (χ2n) is 8.20. The molecule has 150 valence electrons. The lowest BCUT2D eigenvalue weighted by Crippen LogP contribution is -2.27. The van der Waals surface area contributed by atoms with Crippen molar-refractivity contribution in [1.82, 2.24) is 0 Å². The van der Waals surface area contributed by atoms with Gasteiger partial charge in [-0.1, -0.05) is 51.0 Å². The van der Waals surface area contributed by atoms with Crippen molar-refractivity contribution in [2.75, 3.05) is 0 Å². The van der Waals surface area contributed by atoms with E-state index in [1.807, 2.05) is 6.07 Å². The number of benzene rings is 2. The second-order valence-corrected chi connectivity index (χ2v) is 8.20. The van der Waals surface area contributed by atoms with Gasteiger partial charge in [0.1, 0.15) is 0 Å². The third kappa shape index (κ3) is 3.31. The molecule has 2 aromatic carbocycles. The molecule has 0 saturated heterocycles. The van der Waals surface area contributed by atoms with Gasteiger partial charge in [-0.15, -0.1) is 0 Å². The normalized spacial score (nSPS) is 22.9. The summed E-state index contributed by atoms with van der Waals surface area (Å²) in [5, 5.41) is 0. The highest BCUT2D eigenvalue weighted by molar-refractivity contribution is 5.77. The molecule has 2 aliphatic rings. The molecule has 0 amide bonds. The van der Waals surface area contributed by atoms with Crippen molar-refractivity contribution >= 4 is 0 Å². The van der Waals surface area contributed by atoms with Gasteiger partial charge in [0.25, 0.3) is 0 Å². The topological polar surface area (TPSA) is 9.23 Å². The first-order chi connectivity index (χ1) is 13.4. The van der Waals surface area contributed by atoms with E-state index in [0.29, 0.717) is 29.0 Å². The van der Waals surface area contributed by atoms with Crippen molar-refractivity contribution < 1.29 is 17.9 Å². The van der Waals surface area contributed by atoms with Crippen molar-refractivity contribution in [2.45, 2.75) is 70.8 Å². The monoisotopic (exact) mass is 388 g/mol. The van der Waals surface area contributed by atoms with E-state index < -0.39 is 11.9 Å². The van der Waals surface area contributed by atoms with Crippen molar-refractivity contribution in [3.63, 3.8) is 0 Å². The lowest BCUT2D eigenvalue weighted by Gasteiger charge is -2.32. The Hall–Kier alpha value is -1.97. The molecule has 0 N–H and O–H groups in total. The summed E-state index contributed by atoms with van der Waals surface area (Å²) in [5.74, 6) is 0.0781. The smallest absolute Gasteiger partial charge is 0.425 e. The van der Waals surface area contributed by atoms with Crippen LogP contribution in [0, 0.1) is 11.7 Å². The maximum atomic E-state index is 14.8. The first-order valence-electron chi connectivity index (χ1n) is 10.5. The molecule has 4 heteroatoms. The van der Waals surface area contributed by atoms with E-state index >= 15 is 0 Å².